The molecule has 2 aromatic rings. The van der Waals surface area contributed by atoms with E-state index in [0.717, 1.165) is 28.8 Å². The van der Waals surface area contributed by atoms with Crippen molar-refractivity contribution < 1.29 is 17.8 Å². The summed E-state index contributed by atoms with van der Waals surface area (Å²) in [5, 5.41) is 0. The van der Waals surface area contributed by atoms with Gasteiger partial charge in [-0.3, -0.25) is 0 Å². The minimum Gasteiger partial charge on any atom is -0.599 e. The zero-order valence-corrected chi connectivity index (χ0v) is 14.2. The number of aryl methyl sites for hydroxylation is 1. The van der Waals surface area contributed by atoms with E-state index in [1.165, 1.54) is 6.21 Å². The van der Waals surface area contributed by atoms with Gasteiger partial charge in [0.25, 0.3) is 0 Å². The fourth-order valence-electron chi connectivity index (χ4n) is 2.93. The molecule has 0 unspecified atom stereocenters. The van der Waals surface area contributed by atoms with Gasteiger partial charge in [0.15, 0.2) is 5.69 Å². The summed E-state index contributed by atoms with van der Waals surface area (Å²) >= 11 is 0. The molecule has 0 amide bonds. The molecule has 6 heteroatoms. The lowest BCUT2D eigenvalue weighted by molar-refractivity contribution is -0.343. The zero-order chi connectivity index (χ0) is 17.3. The van der Waals surface area contributed by atoms with Crippen molar-refractivity contribution in [3.8, 4) is 5.75 Å². The Bertz CT molecular complexity index is 771. The molecule has 0 saturated carbocycles. The summed E-state index contributed by atoms with van der Waals surface area (Å²) in [6, 6.07) is 12.5. The number of benzene rings is 2. The van der Waals surface area contributed by atoms with Crippen molar-refractivity contribution in [2.75, 3.05) is 18.0 Å². The van der Waals surface area contributed by atoms with E-state index >= 15 is 0 Å². The fourth-order valence-corrected chi connectivity index (χ4v) is 2.93. The van der Waals surface area contributed by atoms with Crippen LogP contribution in [0.2, 0.25) is 0 Å². The maximum Gasteiger partial charge on any atom is 0.834 e. The summed E-state index contributed by atoms with van der Waals surface area (Å²) in [7, 11) is -4.16. The molecule has 3 nitrogen and oxygen atoms in total. The first-order valence-electron chi connectivity index (χ1n) is 8.23. The van der Waals surface area contributed by atoms with Crippen molar-refractivity contribution in [2.24, 2.45) is 0 Å². The fraction of sp³-hybridized carbons (Fsp3) is 0.278. The molecule has 126 valence electrons. The Kier molecular flexibility index (Phi) is 4.30. The van der Waals surface area contributed by atoms with Crippen LogP contribution in [0.25, 0.3) is 0 Å². The zero-order valence-electron chi connectivity index (χ0n) is 14.2. The number of rotatable bonds is 4. The Morgan fingerprint density at radius 1 is 1.04 bits per heavy atom. The van der Waals surface area contributed by atoms with Crippen LogP contribution in [0.4, 0.5) is 20.0 Å². The van der Waals surface area contributed by atoms with E-state index in [2.05, 4.69) is 4.90 Å². The first-order valence-corrected chi connectivity index (χ1v) is 8.23. The predicted octanol–water partition coefficient (Wildman–Crippen LogP) is 4.37. The van der Waals surface area contributed by atoms with Gasteiger partial charge in [0.1, 0.15) is 6.21 Å². The molecule has 0 N–H and O–H groups in total. The third-order valence-corrected chi connectivity index (χ3v) is 4.33. The van der Waals surface area contributed by atoms with Gasteiger partial charge < -0.3 is 22.7 Å². The highest BCUT2D eigenvalue weighted by Gasteiger charge is 2.50. The molecular formula is C18H21BF2N2O. The number of anilines is 1. The van der Waals surface area contributed by atoms with Crippen LogP contribution in [0.15, 0.2) is 42.5 Å². The summed E-state index contributed by atoms with van der Waals surface area (Å²) in [5.41, 5.74) is 2.99. The number of halogens is 2. The van der Waals surface area contributed by atoms with E-state index in [1.54, 1.807) is 18.2 Å². The second-order valence-electron chi connectivity index (χ2n) is 5.95. The SMILES string of the molecule is CCN(CC)c1ccc2c(c1)O[B-](F)(F)[N+](c1ccc(C)cc1)=C2. The Morgan fingerprint density at radius 2 is 1.71 bits per heavy atom. The van der Waals surface area contributed by atoms with Gasteiger partial charge in [-0.15, -0.1) is 0 Å². The lowest BCUT2D eigenvalue weighted by atomic mass is 9.98. The molecule has 0 aliphatic carbocycles. The molecule has 0 spiro atoms. The lowest BCUT2D eigenvalue weighted by Gasteiger charge is -2.30. The lowest BCUT2D eigenvalue weighted by Crippen LogP contribution is -2.46. The van der Waals surface area contributed by atoms with Crippen LogP contribution < -0.4 is 9.55 Å². The molecule has 0 fully saturated rings. The summed E-state index contributed by atoms with van der Waals surface area (Å²) in [5.74, 6) is 0.229. The van der Waals surface area contributed by atoms with Gasteiger partial charge in [0, 0.05) is 37.0 Å². The molecule has 0 bridgehead atoms. The van der Waals surface area contributed by atoms with E-state index in [9.17, 15) is 8.63 Å². The van der Waals surface area contributed by atoms with Crippen LogP contribution in [0.3, 0.4) is 0 Å². The maximum absolute atomic E-state index is 14.6. The van der Waals surface area contributed by atoms with Crippen LogP contribution in [0.5, 0.6) is 5.75 Å². The first kappa shape index (κ1) is 16.5. The molecule has 0 aromatic heterocycles. The summed E-state index contributed by atoms with van der Waals surface area (Å²) < 4.78 is 35.1. The first-order chi connectivity index (χ1) is 11.4. The van der Waals surface area contributed by atoms with Gasteiger partial charge in [-0.2, -0.15) is 0 Å². The second kappa shape index (κ2) is 6.26. The van der Waals surface area contributed by atoms with Crippen molar-refractivity contribution in [1.82, 2.24) is 0 Å². The van der Waals surface area contributed by atoms with Gasteiger partial charge in [0.2, 0.25) is 0 Å². The van der Waals surface area contributed by atoms with E-state index in [-0.39, 0.29) is 5.75 Å². The van der Waals surface area contributed by atoms with Crippen LogP contribution in [0.1, 0.15) is 25.0 Å². The van der Waals surface area contributed by atoms with Crippen molar-refractivity contribution in [3.63, 3.8) is 0 Å². The number of hydrogen-bond acceptors (Lipinski definition) is 2. The third kappa shape index (κ3) is 3.00. The van der Waals surface area contributed by atoms with Crippen molar-refractivity contribution in [3.05, 3.63) is 53.6 Å². The molecule has 1 heterocycles. The average molecular weight is 330 g/mol. The quantitative estimate of drug-likeness (QED) is 0.774. The summed E-state index contributed by atoms with van der Waals surface area (Å²) in [6.45, 7) is 7.63. The topological polar surface area (TPSA) is 15.5 Å². The van der Waals surface area contributed by atoms with E-state index in [0.29, 0.717) is 11.3 Å². The third-order valence-electron chi connectivity index (χ3n) is 4.33. The van der Waals surface area contributed by atoms with Crippen molar-refractivity contribution in [1.29, 1.82) is 0 Å². The number of hydrogen-bond donors (Lipinski definition) is 0. The van der Waals surface area contributed by atoms with Crippen LogP contribution >= 0.6 is 0 Å². The molecule has 2 aromatic carbocycles. The van der Waals surface area contributed by atoms with E-state index < -0.39 is 7.04 Å². The van der Waals surface area contributed by atoms with Gasteiger partial charge in [-0.25, -0.2) is 0 Å². The highest BCUT2D eigenvalue weighted by Crippen LogP contribution is 2.33. The van der Waals surface area contributed by atoms with Gasteiger partial charge in [0.05, 0.1) is 11.3 Å². The minimum atomic E-state index is -4.16. The van der Waals surface area contributed by atoms with Gasteiger partial charge in [-0.05, 0) is 32.9 Å². The van der Waals surface area contributed by atoms with E-state index in [4.69, 9.17) is 4.65 Å². The average Bonchev–Trinajstić information content (AvgIpc) is 2.55. The molecular weight excluding hydrogens is 309 g/mol. The monoisotopic (exact) mass is 330 g/mol. The standard InChI is InChI=1S/C18H21BF2N2O/c1-4-22(5-2)17-11-8-15-13-23(16-9-6-14(3)7-10-16)19(20,21)24-18(15)12-17/h6-13H,4-5H2,1-3H3. The van der Waals surface area contributed by atoms with Gasteiger partial charge in [-0.1, -0.05) is 17.7 Å². The molecule has 0 saturated heterocycles. The number of nitrogens with zero attached hydrogens (tertiary/aromatic N) is 2. The highest BCUT2D eigenvalue weighted by atomic mass is 19.3. The van der Waals surface area contributed by atoms with E-state index in [1.807, 2.05) is 45.0 Å². The summed E-state index contributed by atoms with van der Waals surface area (Å²) in [4.78, 5) is 2.10. The Morgan fingerprint density at radius 3 is 2.33 bits per heavy atom. The minimum absolute atomic E-state index is 0.229. The largest absolute Gasteiger partial charge is 0.834 e. The molecule has 24 heavy (non-hydrogen) atoms. The Balaban J connectivity index is 2.04. The smallest absolute Gasteiger partial charge is 0.599 e. The predicted molar refractivity (Wildman–Crippen MR) is 94.9 cm³/mol. The number of fused-ring (bicyclic) bond motifs is 1. The van der Waals surface area contributed by atoms with Crippen LogP contribution in [-0.2, 0) is 0 Å². The second-order valence-corrected chi connectivity index (χ2v) is 5.95. The molecule has 1 aliphatic rings. The Labute approximate surface area is 141 Å². The van der Waals surface area contributed by atoms with Crippen molar-refractivity contribution in [2.45, 2.75) is 20.8 Å². The van der Waals surface area contributed by atoms with Gasteiger partial charge >= 0.3 is 7.04 Å². The van der Waals surface area contributed by atoms with Crippen LogP contribution in [-0.4, -0.2) is 30.8 Å². The van der Waals surface area contributed by atoms with Crippen LogP contribution in [0, 0.1) is 6.92 Å². The maximum atomic E-state index is 14.6. The molecule has 0 atom stereocenters. The summed E-state index contributed by atoms with van der Waals surface area (Å²) in [6.07, 6.45) is 1.47. The van der Waals surface area contributed by atoms with Crippen molar-refractivity contribution >= 4 is 24.6 Å². The molecule has 3 rings (SSSR count). The molecule has 1 aliphatic heterocycles. The normalized spacial score (nSPS) is 15.3. The highest BCUT2D eigenvalue weighted by molar-refractivity contribution is 6.53. The Hall–Kier alpha value is -2.37. The molecule has 0 radical (unpaired) electrons.